The van der Waals surface area contributed by atoms with Crippen molar-refractivity contribution in [3.05, 3.63) is 53.8 Å². The van der Waals surface area contributed by atoms with Crippen LogP contribution in [0.2, 0.25) is 0 Å². The highest BCUT2D eigenvalue weighted by Crippen LogP contribution is 2.43. The van der Waals surface area contributed by atoms with Gasteiger partial charge in [0.25, 0.3) is 0 Å². The molecule has 7 nitrogen and oxygen atoms in total. The smallest absolute Gasteiger partial charge is 0.244 e. The number of amides is 1. The van der Waals surface area contributed by atoms with Crippen LogP contribution in [0.15, 0.2) is 47.4 Å². The number of hydrogen-bond donors (Lipinski definition) is 1. The molecule has 1 amide bonds. The first-order valence-electron chi connectivity index (χ1n) is 11.4. The van der Waals surface area contributed by atoms with Crippen LogP contribution in [0.3, 0.4) is 0 Å². The van der Waals surface area contributed by atoms with Crippen molar-refractivity contribution < 1.29 is 27.1 Å². The molecule has 2 fully saturated rings. The molecule has 0 unspecified atom stereocenters. The third-order valence-electron chi connectivity index (χ3n) is 6.80. The van der Waals surface area contributed by atoms with Crippen molar-refractivity contribution in [2.75, 3.05) is 13.2 Å². The van der Waals surface area contributed by atoms with E-state index in [9.17, 15) is 17.6 Å². The molecule has 2 aromatic carbocycles. The van der Waals surface area contributed by atoms with Gasteiger partial charge in [-0.2, -0.15) is 4.31 Å². The molecule has 3 aliphatic rings. The Morgan fingerprint density at radius 3 is 2.55 bits per heavy atom. The van der Waals surface area contributed by atoms with Crippen LogP contribution in [-0.4, -0.2) is 43.9 Å². The number of nitrogens with zero attached hydrogens (tertiary/aromatic N) is 1. The lowest BCUT2D eigenvalue weighted by atomic mass is 9.85. The quantitative estimate of drug-likeness (QED) is 0.719. The van der Waals surface area contributed by atoms with Crippen LogP contribution in [-0.2, 0) is 21.4 Å². The predicted molar refractivity (Wildman–Crippen MR) is 119 cm³/mol. The van der Waals surface area contributed by atoms with Gasteiger partial charge in [0.1, 0.15) is 25.1 Å². The summed E-state index contributed by atoms with van der Waals surface area (Å²) in [6, 6.07) is 9.53. The van der Waals surface area contributed by atoms with E-state index in [4.69, 9.17) is 9.47 Å². The molecule has 176 valence electrons. The van der Waals surface area contributed by atoms with Gasteiger partial charge in [-0.3, -0.25) is 4.79 Å². The van der Waals surface area contributed by atoms with E-state index in [1.807, 2.05) is 0 Å². The normalized spacial score (nSPS) is 24.8. The largest absolute Gasteiger partial charge is 0.486 e. The summed E-state index contributed by atoms with van der Waals surface area (Å²) < 4.78 is 53.3. The maximum absolute atomic E-state index is 13.8. The minimum absolute atomic E-state index is 0.106. The molecule has 9 heteroatoms. The maximum atomic E-state index is 13.8. The molecule has 2 aliphatic heterocycles. The fraction of sp³-hybridized carbons (Fsp3) is 0.458. The van der Waals surface area contributed by atoms with Gasteiger partial charge < -0.3 is 14.8 Å². The summed E-state index contributed by atoms with van der Waals surface area (Å²) in [5, 5.41) is 2.86. The van der Waals surface area contributed by atoms with E-state index in [-0.39, 0.29) is 35.1 Å². The van der Waals surface area contributed by atoms with Gasteiger partial charge in [-0.05, 0) is 55.0 Å². The molecule has 3 atom stereocenters. The highest BCUT2D eigenvalue weighted by molar-refractivity contribution is 7.89. The molecule has 5 rings (SSSR count). The molecule has 0 spiro atoms. The summed E-state index contributed by atoms with van der Waals surface area (Å²) in [5.41, 5.74) is 0.751. The number of benzene rings is 2. The number of ether oxygens (including phenoxy) is 2. The molecule has 1 N–H and O–H groups in total. The second kappa shape index (κ2) is 8.95. The number of sulfonamides is 1. The topological polar surface area (TPSA) is 84.9 Å². The number of rotatable bonds is 5. The highest BCUT2D eigenvalue weighted by atomic mass is 32.2. The molecule has 1 saturated heterocycles. The standard InChI is InChI=1S/C24H27FN2O5S/c25-18-7-5-16(6-8-18)15-26-24(28)21-13-17-3-1-2-4-20(17)27(21)33(29,30)19-9-10-22-23(14-19)32-12-11-31-22/h5-10,14,17,20-21H,1-4,11-13,15H2,(H,26,28)/t17-,20-,21-/m0/s1. The lowest BCUT2D eigenvalue weighted by Gasteiger charge is -2.33. The van der Waals surface area contributed by atoms with Crippen LogP contribution in [0, 0.1) is 11.7 Å². The summed E-state index contributed by atoms with van der Waals surface area (Å²) in [7, 11) is -3.94. The number of fused-ring (bicyclic) bond motifs is 2. The zero-order valence-electron chi connectivity index (χ0n) is 18.2. The Morgan fingerprint density at radius 1 is 1.03 bits per heavy atom. The lowest BCUT2D eigenvalue weighted by Crippen LogP contribution is -2.49. The number of halogens is 1. The Balaban J connectivity index is 1.42. The van der Waals surface area contributed by atoms with Crippen LogP contribution in [0.25, 0.3) is 0 Å². The molecule has 2 heterocycles. The second-order valence-corrected chi connectivity index (χ2v) is 10.7. The van der Waals surface area contributed by atoms with Crippen LogP contribution < -0.4 is 14.8 Å². The third kappa shape index (κ3) is 4.31. The summed E-state index contributed by atoms with van der Waals surface area (Å²) in [5.74, 6) is 0.411. The van der Waals surface area contributed by atoms with Gasteiger partial charge in [-0.1, -0.05) is 25.0 Å². The molecule has 2 aromatic rings. The molecule has 33 heavy (non-hydrogen) atoms. The first-order valence-corrected chi connectivity index (χ1v) is 12.8. The molecule has 1 aliphatic carbocycles. The molecule has 0 aromatic heterocycles. The van der Waals surface area contributed by atoms with Crippen molar-refractivity contribution >= 4 is 15.9 Å². The third-order valence-corrected chi connectivity index (χ3v) is 8.73. The monoisotopic (exact) mass is 474 g/mol. The molecule has 0 radical (unpaired) electrons. The van der Waals surface area contributed by atoms with E-state index in [2.05, 4.69) is 5.32 Å². The first-order chi connectivity index (χ1) is 15.9. The summed E-state index contributed by atoms with van der Waals surface area (Å²) in [4.78, 5) is 13.3. The minimum Gasteiger partial charge on any atom is -0.486 e. The lowest BCUT2D eigenvalue weighted by molar-refractivity contribution is -0.124. The van der Waals surface area contributed by atoms with Crippen molar-refractivity contribution in [3.8, 4) is 11.5 Å². The van der Waals surface area contributed by atoms with Crippen molar-refractivity contribution in [1.82, 2.24) is 9.62 Å². The number of carbonyl (C=O) groups is 1. The van der Waals surface area contributed by atoms with E-state index in [0.29, 0.717) is 31.1 Å². The van der Waals surface area contributed by atoms with Crippen molar-refractivity contribution in [1.29, 1.82) is 0 Å². The Kier molecular flexibility index (Phi) is 6.01. The van der Waals surface area contributed by atoms with E-state index in [1.165, 1.54) is 28.6 Å². The van der Waals surface area contributed by atoms with Crippen molar-refractivity contribution in [3.63, 3.8) is 0 Å². The van der Waals surface area contributed by atoms with Gasteiger partial charge >= 0.3 is 0 Å². The van der Waals surface area contributed by atoms with Crippen LogP contribution in [0.1, 0.15) is 37.7 Å². The number of nitrogens with one attached hydrogen (secondary N) is 1. The van der Waals surface area contributed by atoms with Gasteiger partial charge in [-0.15, -0.1) is 0 Å². The van der Waals surface area contributed by atoms with Crippen molar-refractivity contribution in [2.24, 2.45) is 5.92 Å². The Labute approximate surface area is 192 Å². The van der Waals surface area contributed by atoms with Crippen LogP contribution in [0.4, 0.5) is 4.39 Å². The zero-order valence-corrected chi connectivity index (χ0v) is 19.0. The highest BCUT2D eigenvalue weighted by Gasteiger charge is 2.51. The molecular formula is C24H27FN2O5S. The summed E-state index contributed by atoms with van der Waals surface area (Å²) in [6.45, 7) is 0.994. The minimum atomic E-state index is -3.94. The average Bonchev–Trinajstić information content (AvgIpc) is 3.24. The van der Waals surface area contributed by atoms with E-state index in [1.54, 1.807) is 18.2 Å². The van der Waals surface area contributed by atoms with Gasteiger partial charge in [0.15, 0.2) is 11.5 Å². The number of carbonyl (C=O) groups excluding carboxylic acids is 1. The molecule has 0 bridgehead atoms. The molecular weight excluding hydrogens is 447 g/mol. The average molecular weight is 475 g/mol. The Morgan fingerprint density at radius 2 is 1.76 bits per heavy atom. The maximum Gasteiger partial charge on any atom is 0.244 e. The number of hydrogen-bond acceptors (Lipinski definition) is 5. The molecule has 1 saturated carbocycles. The van der Waals surface area contributed by atoms with E-state index in [0.717, 1.165) is 31.2 Å². The van der Waals surface area contributed by atoms with Crippen LogP contribution >= 0.6 is 0 Å². The summed E-state index contributed by atoms with van der Waals surface area (Å²) >= 11 is 0. The van der Waals surface area contributed by atoms with E-state index < -0.39 is 16.1 Å². The van der Waals surface area contributed by atoms with Gasteiger partial charge in [0, 0.05) is 18.7 Å². The Bertz CT molecular complexity index is 1140. The Hall–Kier alpha value is -2.65. The first kappa shape index (κ1) is 22.2. The van der Waals surface area contributed by atoms with Crippen molar-refractivity contribution in [2.45, 2.75) is 55.6 Å². The van der Waals surface area contributed by atoms with Crippen LogP contribution in [0.5, 0.6) is 11.5 Å². The van der Waals surface area contributed by atoms with Gasteiger partial charge in [0.05, 0.1) is 4.90 Å². The zero-order chi connectivity index (χ0) is 23.0. The predicted octanol–water partition coefficient (Wildman–Crippen LogP) is 3.24. The van der Waals surface area contributed by atoms with Gasteiger partial charge in [0.2, 0.25) is 15.9 Å². The fourth-order valence-electron chi connectivity index (χ4n) is 5.20. The summed E-state index contributed by atoms with van der Waals surface area (Å²) in [6.07, 6.45) is 4.15. The van der Waals surface area contributed by atoms with E-state index >= 15 is 0 Å². The SMILES string of the molecule is O=C(NCc1ccc(F)cc1)[C@@H]1C[C@@H]2CCCC[C@@H]2N1S(=O)(=O)c1ccc2c(c1)OCCO2. The van der Waals surface area contributed by atoms with Gasteiger partial charge in [-0.25, -0.2) is 12.8 Å². The fourth-order valence-corrected chi connectivity index (χ4v) is 7.09. The second-order valence-electron chi connectivity index (χ2n) is 8.85.